The average Bonchev–Trinajstić information content (AvgIpc) is 2.74. The van der Waals surface area contributed by atoms with Crippen LogP contribution >= 0.6 is 23.2 Å². The second-order valence-corrected chi connectivity index (χ2v) is 7.74. The summed E-state index contributed by atoms with van der Waals surface area (Å²) in [5, 5.41) is 0.893. The Balaban J connectivity index is 1.50. The zero-order valence-corrected chi connectivity index (χ0v) is 17.7. The summed E-state index contributed by atoms with van der Waals surface area (Å²) in [5.74, 6) is 1.12. The molecule has 2 aromatic carbocycles. The number of para-hydroxylation sites is 2. The third-order valence-corrected chi connectivity index (χ3v) is 5.38. The Kier molecular flexibility index (Phi) is 5.83. The lowest BCUT2D eigenvalue weighted by atomic mass is 10.2. The van der Waals surface area contributed by atoms with Crippen molar-refractivity contribution in [2.75, 3.05) is 19.7 Å². The van der Waals surface area contributed by atoms with Gasteiger partial charge in [0.25, 0.3) is 5.56 Å². The van der Waals surface area contributed by atoms with Crippen molar-refractivity contribution >= 4 is 40.0 Å². The molecule has 7 nitrogen and oxygen atoms in total. The fourth-order valence-corrected chi connectivity index (χ4v) is 3.90. The number of amides is 1. The lowest BCUT2D eigenvalue weighted by Crippen LogP contribution is -2.45. The molecule has 1 amide bonds. The van der Waals surface area contributed by atoms with Crippen molar-refractivity contribution in [1.29, 1.82) is 0 Å². The van der Waals surface area contributed by atoms with Gasteiger partial charge >= 0.3 is 0 Å². The fraction of sp³-hybridized carbons (Fsp3) is 0.286. The normalized spacial score (nSPS) is 15.2. The number of carbonyl (C=O) groups excluding carboxylic acids is 1. The van der Waals surface area contributed by atoms with Gasteiger partial charge in [0.05, 0.1) is 28.8 Å². The van der Waals surface area contributed by atoms with E-state index in [1.807, 2.05) is 31.2 Å². The molecule has 2 heterocycles. The molecular weight excluding hydrogens is 429 g/mol. The Morgan fingerprint density at radius 2 is 2.03 bits per heavy atom. The van der Waals surface area contributed by atoms with Crippen LogP contribution in [0.15, 0.2) is 47.5 Å². The highest BCUT2D eigenvalue weighted by molar-refractivity contribution is 6.38. The van der Waals surface area contributed by atoms with Crippen molar-refractivity contribution < 1.29 is 14.3 Å². The molecule has 0 spiro atoms. The van der Waals surface area contributed by atoms with E-state index < -0.39 is 0 Å². The van der Waals surface area contributed by atoms with Crippen molar-refractivity contribution in [3.05, 3.63) is 63.1 Å². The molecule has 9 heteroatoms. The van der Waals surface area contributed by atoms with Gasteiger partial charge in [-0.25, -0.2) is 4.98 Å². The first-order valence-corrected chi connectivity index (χ1v) is 10.2. The molecule has 1 atom stereocenters. The van der Waals surface area contributed by atoms with Crippen molar-refractivity contribution in [2.24, 2.45) is 0 Å². The third kappa shape index (κ3) is 4.08. The number of carbonyl (C=O) groups is 1. The zero-order chi connectivity index (χ0) is 21.3. The molecule has 1 aliphatic rings. The summed E-state index contributed by atoms with van der Waals surface area (Å²) < 4.78 is 12.9. The van der Waals surface area contributed by atoms with E-state index in [4.69, 9.17) is 32.7 Å². The maximum atomic E-state index is 12.9. The highest BCUT2D eigenvalue weighted by Crippen LogP contribution is 2.31. The van der Waals surface area contributed by atoms with Gasteiger partial charge in [-0.2, -0.15) is 0 Å². The second-order valence-electron chi connectivity index (χ2n) is 6.89. The molecule has 0 radical (unpaired) electrons. The minimum absolute atomic E-state index is 0.149. The van der Waals surface area contributed by atoms with Gasteiger partial charge in [-0.05, 0) is 31.2 Å². The Hall–Kier alpha value is -2.77. The first-order valence-electron chi connectivity index (χ1n) is 9.46. The fourth-order valence-electron chi connectivity index (χ4n) is 3.36. The van der Waals surface area contributed by atoms with Gasteiger partial charge < -0.3 is 14.4 Å². The molecule has 0 N–H and O–H groups in total. The first kappa shape index (κ1) is 20.5. The average molecular weight is 448 g/mol. The van der Waals surface area contributed by atoms with Gasteiger partial charge in [0, 0.05) is 11.6 Å². The predicted octanol–water partition coefficient (Wildman–Crippen LogP) is 3.39. The van der Waals surface area contributed by atoms with Crippen LogP contribution in [-0.4, -0.2) is 46.2 Å². The lowest BCUT2D eigenvalue weighted by Gasteiger charge is -2.31. The molecule has 1 aromatic heterocycles. The molecule has 0 saturated carbocycles. The number of benzene rings is 2. The Labute approximate surface area is 182 Å². The highest BCUT2D eigenvalue weighted by Gasteiger charge is 2.25. The van der Waals surface area contributed by atoms with Crippen LogP contribution in [0.2, 0.25) is 10.0 Å². The smallest absolute Gasteiger partial charge is 0.261 e. The maximum Gasteiger partial charge on any atom is 0.261 e. The number of aromatic nitrogens is 2. The first-order chi connectivity index (χ1) is 14.5. The van der Waals surface area contributed by atoms with Crippen LogP contribution in [0.4, 0.5) is 0 Å². The van der Waals surface area contributed by atoms with Gasteiger partial charge in [0.1, 0.15) is 13.2 Å². The van der Waals surface area contributed by atoms with Gasteiger partial charge in [-0.15, -0.1) is 0 Å². The predicted molar refractivity (Wildman–Crippen MR) is 115 cm³/mol. The Morgan fingerprint density at radius 3 is 2.80 bits per heavy atom. The van der Waals surface area contributed by atoms with E-state index in [0.29, 0.717) is 41.7 Å². The van der Waals surface area contributed by atoms with E-state index in [9.17, 15) is 9.59 Å². The SMILES string of the molecule is CCN(CC1COc2ccccc2O1)C(=O)Cn1cnc2c(Cl)cc(Cl)cc2c1=O. The molecular formula is C21H19Cl2N3O4. The van der Waals surface area contributed by atoms with Crippen LogP contribution in [0.1, 0.15) is 6.92 Å². The van der Waals surface area contributed by atoms with Gasteiger partial charge in [-0.1, -0.05) is 35.3 Å². The van der Waals surface area contributed by atoms with Crippen molar-refractivity contribution in [3.63, 3.8) is 0 Å². The molecule has 0 fully saturated rings. The van der Waals surface area contributed by atoms with Gasteiger partial charge in [0.2, 0.25) is 5.91 Å². The summed E-state index contributed by atoms with van der Waals surface area (Å²) >= 11 is 12.1. The summed E-state index contributed by atoms with van der Waals surface area (Å²) in [4.78, 5) is 31.5. The molecule has 3 aromatic rings. The van der Waals surface area contributed by atoms with Crippen molar-refractivity contribution in [3.8, 4) is 11.5 Å². The number of ether oxygens (including phenoxy) is 2. The molecule has 156 valence electrons. The van der Waals surface area contributed by atoms with E-state index >= 15 is 0 Å². The van der Waals surface area contributed by atoms with E-state index in [1.54, 1.807) is 4.90 Å². The molecule has 0 saturated heterocycles. The monoisotopic (exact) mass is 447 g/mol. The molecule has 0 aliphatic carbocycles. The number of hydrogen-bond donors (Lipinski definition) is 0. The standard InChI is InChI=1S/C21H19Cl2N3O4/c1-2-25(9-14-11-29-17-5-3-4-6-18(17)30-14)19(27)10-26-12-24-20-15(21(26)28)7-13(22)8-16(20)23/h3-8,12,14H,2,9-11H2,1H3. The summed E-state index contributed by atoms with van der Waals surface area (Å²) in [6, 6.07) is 10.4. The number of rotatable bonds is 5. The maximum absolute atomic E-state index is 12.9. The molecule has 30 heavy (non-hydrogen) atoms. The van der Waals surface area contributed by atoms with E-state index in [0.717, 1.165) is 0 Å². The van der Waals surface area contributed by atoms with E-state index in [2.05, 4.69) is 4.98 Å². The highest BCUT2D eigenvalue weighted by atomic mass is 35.5. The van der Waals surface area contributed by atoms with Crippen LogP contribution in [-0.2, 0) is 11.3 Å². The van der Waals surface area contributed by atoms with E-state index in [1.165, 1.54) is 23.0 Å². The topological polar surface area (TPSA) is 73.7 Å². The summed E-state index contributed by atoms with van der Waals surface area (Å²) in [7, 11) is 0. The van der Waals surface area contributed by atoms with Crippen LogP contribution in [0.25, 0.3) is 10.9 Å². The zero-order valence-electron chi connectivity index (χ0n) is 16.2. The van der Waals surface area contributed by atoms with E-state index in [-0.39, 0.29) is 34.5 Å². The second kappa shape index (κ2) is 8.53. The van der Waals surface area contributed by atoms with Gasteiger partial charge in [-0.3, -0.25) is 14.2 Å². The third-order valence-electron chi connectivity index (χ3n) is 4.88. The minimum Gasteiger partial charge on any atom is -0.486 e. The van der Waals surface area contributed by atoms with Crippen LogP contribution in [0.5, 0.6) is 11.5 Å². The van der Waals surface area contributed by atoms with Crippen molar-refractivity contribution in [2.45, 2.75) is 19.6 Å². The number of hydrogen-bond acceptors (Lipinski definition) is 5. The Bertz CT molecular complexity index is 1160. The molecule has 4 rings (SSSR count). The number of nitrogens with zero attached hydrogens (tertiary/aromatic N) is 3. The largest absolute Gasteiger partial charge is 0.486 e. The quantitative estimate of drug-likeness (QED) is 0.599. The van der Waals surface area contributed by atoms with Crippen molar-refractivity contribution in [1.82, 2.24) is 14.5 Å². The molecule has 0 bridgehead atoms. The number of likely N-dealkylation sites (N-methyl/N-ethyl adjacent to an activating group) is 1. The van der Waals surface area contributed by atoms with Crippen LogP contribution in [0, 0.1) is 0 Å². The van der Waals surface area contributed by atoms with Crippen LogP contribution in [0.3, 0.4) is 0 Å². The summed E-state index contributed by atoms with van der Waals surface area (Å²) in [6.45, 7) is 2.88. The number of halogens is 2. The lowest BCUT2D eigenvalue weighted by molar-refractivity contribution is -0.133. The van der Waals surface area contributed by atoms with Crippen LogP contribution < -0.4 is 15.0 Å². The summed E-state index contributed by atoms with van der Waals surface area (Å²) in [5.41, 5.74) is -0.0199. The summed E-state index contributed by atoms with van der Waals surface area (Å²) in [6.07, 6.45) is 1.03. The molecule has 1 aliphatic heterocycles. The van der Waals surface area contributed by atoms with Gasteiger partial charge in [0.15, 0.2) is 17.6 Å². The minimum atomic E-state index is -0.375. The molecule has 1 unspecified atom stereocenters. The Morgan fingerprint density at radius 1 is 1.27 bits per heavy atom. The number of fused-ring (bicyclic) bond motifs is 2.